The number of halogens is 1. The fourth-order valence-corrected chi connectivity index (χ4v) is 6.66. The first-order chi connectivity index (χ1) is 19.7. The number of fused-ring (bicyclic) bond motifs is 1. The van der Waals surface area contributed by atoms with Gasteiger partial charge in [-0.05, 0) is 74.2 Å². The van der Waals surface area contributed by atoms with E-state index in [2.05, 4.69) is 41.0 Å². The van der Waals surface area contributed by atoms with Gasteiger partial charge in [-0.1, -0.05) is 39.0 Å². The van der Waals surface area contributed by atoms with E-state index in [1.54, 1.807) is 24.3 Å². The van der Waals surface area contributed by atoms with Gasteiger partial charge in [0.1, 0.15) is 29.5 Å². The van der Waals surface area contributed by atoms with Gasteiger partial charge < -0.3 is 15.8 Å². The van der Waals surface area contributed by atoms with Crippen LogP contribution < -0.4 is 21.5 Å². The van der Waals surface area contributed by atoms with Crippen LogP contribution in [0.1, 0.15) is 46.1 Å². The third kappa shape index (κ3) is 5.10. The van der Waals surface area contributed by atoms with Crippen LogP contribution in [0, 0.1) is 5.41 Å². The number of ether oxygens (including phenoxy) is 1. The van der Waals surface area contributed by atoms with Crippen molar-refractivity contribution in [2.45, 2.75) is 64.3 Å². The van der Waals surface area contributed by atoms with Crippen molar-refractivity contribution >= 4 is 17.0 Å². The second kappa shape index (κ2) is 10.9. The second-order valence-electron chi connectivity index (χ2n) is 12.2. The molecule has 4 aromatic rings. The van der Waals surface area contributed by atoms with Crippen molar-refractivity contribution in [1.29, 1.82) is 0 Å². The Labute approximate surface area is 239 Å². The van der Waals surface area contributed by atoms with Crippen molar-refractivity contribution in [1.82, 2.24) is 29.3 Å². The van der Waals surface area contributed by atoms with Gasteiger partial charge in [-0.15, -0.1) is 0 Å². The SMILES string of the molecule is CC(C)(C)[C@@H]1[C@H](F)[C@@H](n2c(=O)n(-c3ccc(Oc4ccccc4)cc3)c3c(N)ncnc32)CCN1C1CCNCC1. The highest BCUT2D eigenvalue weighted by Crippen LogP contribution is 2.41. The Morgan fingerprint density at radius 2 is 1.66 bits per heavy atom. The third-order valence-electron chi connectivity index (χ3n) is 8.46. The Morgan fingerprint density at radius 3 is 2.34 bits per heavy atom. The van der Waals surface area contributed by atoms with E-state index in [9.17, 15) is 4.79 Å². The van der Waals surface area contributed by atoms with Crippen LogP contribution in [0.4, 0.5) is 10.2 Å². The highest BCUT2D eigenvalue weighted by molar-refractivity contribution is 5.84. The van der Waals surface area contributed by atoms with Gasteiger partial charge in [-0.25, -0.2) is 19.2 Å². The highest BCUT2D eigenvalue weighted by Gasteiger charge is 2.48. The average molecular weight is 560 g/mol. The molecule has 9 nitrogen and oxygen atoms in total. The Hall–Kier alpha value is -3.76. The standard InChI is InChI=1S/C31H38FN7O2/c1-31(2,3)27-25(32)24(15-18-37(27)20-13-16-34-17-14-20)39-29-26(28(33)35-19-36-29)38(30(39)40)21-9-11-23(12-10-21)41-22-7-5-4-6-8-22/h4-12,19-20,24-25,27,34H,13-18H2,1-3H3,(H2,33,35,36)/t24-,25+,27-/m0/s1. The normalized spacial score (nSPS) is 22.7. The minimum absolute atomic E-state index is 0.172. The lowest BCUT2D eigenvalue weighted by Crippen LogP contribution is -2.61. The summed E-state index contributed by atoms with van der Waals surface area (Å²) in [6.07, 6.45) is 2.57. The number of nitrogen functional groups attached to an aromatic ring is 1. The summed E-state index contributed by atoms with van der Waals surface area (Å²) in [6.45, 7) is 8.86. The van der Waals surface area contributed by atoms with Crippen molar-refractivity contribution in [3.8, 4) is 17.2 Å². The molecule has 2 aliphatic rings. The maximum absolute atomic E-state index is 16.9. The number of hydrogen-bond donors (Lipinski definition) is 2. The van der Waals surface area contributed by atoms with Gasteiger partial charge in [0.15, 0.2) is 11.5 Å². The molecule has 4 heterocycles. The number of nitrogens with zero attached hydrogens (tertiary/aromatic N) is 5. The Morgan fingerprint density at radius 1 is 0.976 bits per heavy atom. The molecule has 6 rings (SSSR count). The lowest BCUT2D eigenvalue weighted by Gasteiger charge is -2.51. The fourth-order valence-electron chi connectivity index (χ4n) is 6.66. The molecule has 0 saturated carbocycles. The van der Waals surface area contributed by atoms with Crippen molar-refractivity contribution in [2.24, 2.45) is 5.41 Å². The van der Waals surface area contributed by atoms with E-state index in [0.717, 1.165) is 25.9 Å². The summed E-state index contributed by atoms with van der Waals surface area (Å²) in [4.78, 5) is 25.2. The average Bonchev–Trinajstić information content (AvgIpc) is 3.26. The first-order valence-electron chi connectivity index (χ1n) is 14.4. The number of aromatic nitrogens is 4. The van der Waals surface area contributed by atoms with E-state index in [1.165, 1.54) is 15.5 Å². The lowest BCUT2D eigenvalue weighted by atomic mass is 9.76. The molecule has 0 unspecified atom stereocenters. The van der Waals surface area contributed by atoms with Crippen LogP contribution in [0.5, 0.6) is 11.5 Å². The summed E-state index contributed by atoms with van der Waals surface area (Å²) < 4.78 is 25.8. The van der Waals surface area contributed by atoms with Gasteiger partial charge in [0.25, 0.3) is 0 Å². The highest BCUT2D eigenvalue weighted by atomic mass is 19.1. The minimum Gasteiger partial charge on any atom is -0.457 e. The van der Waals surface area contributed by atoms with E-state index < -0.39 is 12.2 Å². The molecule has 216 valence electrons. The second-order valence-corrected chi connectivity index (χ2v) is 12.2. The molecule has 2 aromatic carbocycles. The Balaban J connectivity index is 1.39. The molecule has 2 saturated heterocycles. The van der Waals surface area contributed by atoms with E-state index in [4.69, 9.17) is 10.5 Å². The van der Waals surface area contributed by atoms with Gasteiger partial charge in [0.2, 0.25) is 0 Å². The van der Waals surface area contributed by atoms with Crippen molar-refractivity contribution in [3.63, 3.8) is 0 Å². The van der Waals surface area contributed by atoms with Crippen molar-refractivity contribution < 1.29 is 9.13 Å². The Bertz CT molecular complexity index is 1560. The van der Waals surface area contributed by atoms with E-state index in [-0.39, 0.29) is 23.0 Å². The van der Waals surface area contributed by atoms with Gasteiger partial charge in [0, 0.05) is 18.6 Å². The van der Waals surface area contributed by atoms with Crippen LogP contribution in [-0.4, -0.2) is 61.9 Å². The first-order valence-corrected chi connectivity index (χ1v) is 14.4. The van der Waals surface area contributed by atoms with Crippen LogP contribution in [0.2, 0.25) is 0 Å². The van der Waals surface area contributed by atoms with Gasteiger partial charge in [0.05, 0.1) is 11.7 Å². The quantitative estimate of drug-likeness (QED) is 0.365. The number of hydrogen-bond acceptors (Lipinski definition) is 7. The summed E-state index contributed by atoms with van der Waals surface area (Å²) in [5, 5.41) is 3.42. The number of benzene rings is 2. The number of piperidine rings is 2. The number of alkyl halides is 1. The molecular weight excluding hydrogens is 521 g/mol. The molecule has 0 spiro atoms. The summed E-state index contributed by atoms with van der Waals surface area (Å²) in [6, 6.07) is 16.0. The molecule has 3 N–H and O–H groups in total. The van der Waals surface area contributed by atoms with E-state index in [1.807, 2.05) is 30.3 Å². The monoisotopic (exact) mass is 559 g/mol. The molecule has 2 aliphatic heterocycles. The van der Waals surface area contributed by atoms with Crippen LogP contribution >= 0.6 is 0 Å². The molecule has 0 bridgehead atoms. The fraction of sp³-hybridized carbons (Fsp3) is 0.452. The zero-order valence-electron chi connectivity index (χ0n) is 23.8. The summed E-state index contributed by atoms with van der Waals surface area (Å²) in [5.41, 5.74) is 6.94. The zero-order valence-corrected chi connectivity index (χ0v) is 23.8. The molecule has 10 heteroatoms. The summed E-state index contributed by atoms with van der Waals surface area (Å²) in [5.74, 6) is 1.51. The van der Waals surface area contributed by atoms with Gasteiger partial charge in [-0.3, -0.25) is 14.0 Å². The van der Waals surface area contributed by atoms with Crippen LogP contribution in [0.15, 0.2) is 65.7 Å². The third-order valence-corrected chi connectivity index (χ3v) is 8.46. The van der Waals surface area contributed by atoms with Gasteiger partial charge >= 0.3 is 5.69 Å². The predicted octanol–water partition coefficient (Wildman–Crippen LogP) is 4.71. The number of imidazole rings is 1. The molecule has 0 aliphatic carbocycles. The van der Waals surface area contributed by atoms with Gasteiger partial charge in [-0.2, -0.15) is 0 Å². The van der Waals surface area contributed by atoms with Crippen molar-refractivity contribution in [3.05, 3.63) is 71.4 Å². The number of nitrogens with two attached hydrogens (primary N) is 1. The first kappa shape index (κ1) is 27.4. The molecule has 2 fully saturated rings. The summed E-state index contributed by atoms with van der Waals surface area (Å²) >= 11 is 0. The molecule has 3 atom stereocenters. The number of likely N-dealkylation sites (tertiary alicyclic amines) is 1. The maximum Gasteiger partial charge on any atom is 0.335 e. The largest absolute Gasteiger partial charge is 0.457 e. The van der Waals surface area contributed by atoms with Crippen LogP contribution in [-0.2, 0) is 0 Å². The smallest absolute Gasteiger partial charge is 0.335 e. The molecule has 0 amide bonds. The van der Waals surface area contributed by atoms with Crippen LogP contribution in [0.25, 0.3) is 16.9 Å². The van der Waals surface area contributed by atoms with E-state index in [0.29, 0.717) is 47.4 Å². The predicted molar refractivity (Wildman–Crippen MR) is 158 cm³/mol. The zero-order chi connectivity index (χ0) is 28.7. The summed E-state index contributed by atoms with van der Waals surface area (Å²) in [7, 11) is 0. The molecule has 41 heavy (non-hydrogen) atoms. The number of rotatable bonds is 5. The molecule has 0 radical (unpaired) electrons. The van der Waals surface area contributed by atoms with Crippen LogP contribution in [0.3, 0.4) is 0 Å². The number of anilines is 1. The van der Waals surface area contributed by atoms with E-state index >= 15 is 4.39 Å². The Kier molecular flexibility index (Phi) is 7.29. The topological polar surface area (TPSA) is 103 Å². The minimum atomic E-state index is -1.27. The maximum atomic E-state index is 16.9. The van der Waals surface area contributed by atoms with Crippen molar-refractivity contribution in [2.75, 3.05) is 25.4 Å². The number of nitrogens with one attached hydrogen (secondary N) is 1. The lowest BCUT2D eigenvalue weighted by molar-refractivity contribution is -0.0558. The number of para-hydroxylation sites is 1. The molecular formula is C31H38FN7O2. The molecule has 2 aromatic heterocycles.